The summed E-state index contributed by atoms with van der Waals surface area (Å²) in [6.07, 6.45) is 3.38. The summed E-state index contributed by atoms with van der Waals surface area (Å²) in [6.45, 7) is 2.18. The van der Waals surface area contributed by atoms with Gasteiger partial charge in [-0.05, 0) is 53.8 Å². The molecule has 0 saturated carbocycles. The zero-order valence-electron chi connectivity index (χ0n) is 14.4. The third-order valence-corrected chi connectivity index (χ3v) is 4.18. The van der Waals surface area contributed by atoms with E-state index in [1.165, 1.54) is 12.0 Å². The number of benzene rings is 3. The Kier molecular flexibility index (Phi) is 5.63. The third kappa shape index (κ3) is 4.57. The highest BCUT2D eigenvalue weighted by atomic mass is 16.5. The van der Waals surface area contributed by atoms with E-state index >= 15 is 0 Å². The molecule has 0 bridgehead atoms. The summed E-state index contributed by atoms with van der Waals surface area (Å²) in [7, 11) is 0. The van der Waals surface area contributed by atoms with E-state index in [0.29, 0.717) is 11.3 Å². The van der Waals surface area contributed by atoms with Crippen LogP contribution >= 0.6 is 0 Å². The highest BCUT2D eigenvalue weighted by molar-refractivity contribution is 5.91. The summed E-state index contributed by atoms with van der Waals surface area (Å²) in [5, 5.41) is 0. The Labute approximate surface area is 149 Å². The van der Waals surface area contributed by atoms with Crippen LogP contribution in [0.15, 0.2) is 78.9 Å². The number of unbranched alkanes of at least 4 members (excludes halogenated alkanes) is 1. The number of hydrogen-bond acceptors (Lipinski definition) is 2. The number of rotatable bonds is 6. The molecule has 2 heteroatoms. The molecule has 0 aliphatic heterocycles. The normalized spacial score (nSPS) is 10.4. The standard InChI is InChI=1S/C23H22O2/c1-2-3-7-18-10-12-21(13-11-18)23(24)25-22-16-14-20(15-17-22)19-8-5-4-6-9-19/h4-6,8-17H,2-3,7H2,1H3. The van der Waals surface area contributed by atoms with Crippen LogP contribution in [0, 0.1) is 0 Å². The average molecular weight is 330 g/mol. The molecule has 0 fully saturated rings. The van der Waals surface area contributed by atoms with Crippen molar-refractivity contribution in [1.29, 1.82) is 0 Å². The van der Waals surface area contributed by atoms with Crippen molar-refractivity contribution in [2.75, 3.05) is 0 Å². The quantitative estimate of drug-likeness (QED) is 0.414. The lowest BCUT2D eigenvalue weighted by Gasteiger charge is -2.07. The van der Waals surface area contributed by atoms with Gasteiger partial charge in [0.05, 0.1) is 5.56 Å². The summed E-state index contributed by atoms with van der Waals surface area (Å²) in [5.41, 5.74) is 4.07. The number of carbonyl (C=O) groups excluding carboxylic acids is 1. The van der Waals surface area contributed by atoms with Crippen LogP contribution in [0.25, 0.3) is 11.1 Å². The zero-order valence-corrected chi connectivity index (χ0v) is 14.4. The van der Waals surface area contributed by atoms with E-state index in [0.717, 1.165) is 24.0 Å². The van der Waals surface area contributed by atoms with E-state index in [9.17, 15) is 4.79 Å². The maximum atomic E-state index is 12.3. The van der Waals surface area contributed by atoms with Crippen LogP contribution < -0.4 is 4.74 Å². The highest BCUT2D eigenvalue weighted by Gasteiger charge is 2.08. The van der Waals surface area contributed by atoms with Crippen molar-refractivity contribution in [3.8, 4) is 16.9 Å². The number of hydrogen-bond donors (Lipinski definition) is 0. The summed E-state index contributed by atoms with van der Waals surface area (Å²) in [6, 6.07) is 25.4. The fourth-order valence-corrected chi connectivity index (χ4v) is 2.70. The van der Waals surface area contributed by atoms with Gasteiger partial charge in [0.15, 0.2) is 0 Å². The third-order valence-electron chi connectivity index (χ3n) is 4.18. The second-order valence-electron chi connectivity index (χ2n) is 6.08. The maximum absolute atomic E-state index is 12.3. The van der Waals surface area contributed by atoms with Crippen LogP contribution in [0.5, 0.6) is 5.75 Å². The second kappa shape index (κ2) is 8.29. The fourth-order valence-electron chi connectivity index (χ4n) is 2.70. The Morgan fingerprint density at radius 2 is 1.44 bits per heavy atom. The lowest BCUT2D eigenvalue weighted by Crippen LogP contribution is -2.08. The van der Waals surface area contributed by atoms with E-state index in [-0.39, 0.29) is 5.97 Å². The summed E-state index contributed by atoms with van der Waals surface area (Å²) < 4.78 is 5.47. The van der Waals surface area contributed by atoms with Crippen LogP contribution in [0.3, 0.4) is 0 Å². The molecular formula is C23H22O2. The minimum Gasteiger partial charge on any atom is -0.423 e. The molecule has 0 unspecified atom stereocenters. The average Bonchev–Trinajstić information content (AvgIpc) is 2.68. The molecule has 25 heavy (non-hydrogen) atoms. The molecule has 0 amide bonds. The van der Waals surface area contributed by atoms with Crippen molar-refractivity contribution in [3.05, 3.63) is 90.0 Å². The van der Waals surface area contributed by atoms with Crippen LogP contribution in [-0.4, -0.2) is 5.97 Å². The van der Waals surface area contributed by atoms with Crippen LogP contribution in [0.2, 0.25) is 0 Å². The van der Waals surface area contributed by atoms with Gasteiger partial charge in [0.1, 0.15) is 5.75 Å². The molecular weight excluding hydrogens is 308 g/mol. The van der Waals surface area contributed by atoms with Gasteiger partial charge >= 0.3 is 5.97 Å². The summed E-state index contributed by atoms with van der Waals surface area (Å²) >= 11 is 0. The molecule has 126 valence electrons. The SMILES string of the molecule is CCCCc1ccc(C(=O)Oc2ccc(-c3ccccc3)cc2)cc1. The van der Waals surface area contributed by atoms with E-state index in [1.807, 2.05) is 66.7 Å². The molecule has 0 aromatic heterocycles. The molecule has 3 aromatic carbocycles. The van der Waals surface area contributed by atoms with Gasteiger partial charge in [0, 0.05) is 0 Å². The lowest BCUT2D eigenvalue weighted by molar-refractivity contribution is 0.0735. The lowest BCUT2D eigenvalue weighted by atomic mass is 10.1. The largest absolute Gasteiger partial charge is 0.423 e. The molecule has 0 aliphatic rings. The maximum Gasteiger partial charge on any atom is 0.343 e. The first-order chi connectivity index (χ1) is 12.3. The Hall–Kier alpha value is -2.87. The second-order valence-corrected chi connectivity index (χ2v) is 6.08. The first kappa shape index (κ1) is 17.0. The van der Waals surface area contributed by atoms with Crippen molar-refractivity contribution in [3.63, 3.8) is 0 Å². The minimum atomic E-state index is -0.325. The molecule has 2 nitrogen and oxygen atoms in total. The fraction of sp³-hybridized carbons (Fsp3) is 0.174. The minimum absolute atomic E-state index is 0.325. The topological polar surface area (TPSA) is 26.3 Å². The molecule has 0 atom stereocenters. The van der Waals surface area contributed by atoms with E-state index in [1.54, 1.807) is 0 Å². The van der Waals surface area contributed by atoms with Gasteiger partial charge < -0.3 is 4.74 Å². The Morgan fingerprint density at radius 3 is 2.08 bits per heavy atom. The smallest absolute Gasteiger partial charge is 0.343 e. The Bertz CT molecular complexity index is 803. The van der Waals surface area contributed by atoms with E-state index in [4.69, 9.17) is 4.74 Å². The molecule has 0 radical (unpaired) electrons. The van der Waals surface area contributed by atoms with Crippen LogP contribution in [0.1, 0.15) is 35.7 Å². The number of aryl methyl sites for hydroxylation is 1. The van der Waals surface area contributed by atoms with Crippen LogP contribution in [0.4, 0.5) is 0 Å². The van der Waals surface area contributed by atoms with Crippen molar-refractivity contribution in [2.24, 2.45) is 0 Å². The van der Waals surface area contributed by atoms with Crippen molar-refractivity contribution in [1.82, 2.24) is 0 Å². The van der Waals surface area contributed by atoms with Gasteiger partial charge in [-0.25, -0.2) is 4.79 Å². The summed E-state index contributed by atoms with van der Waals surface area (Å²) in [5.74, 6) is 0.231. The Balaban J connectivity index is 1.64. The number of esters is 1. The van der Waals surface area contributed by atoms with Gasteiger partial charge in [0.25, 0.3) is 0 Å². The number of carbonyl (C=O) groups is 1. The molecule has 3 aromatic rings. The van der Waals surface area contributed by atoms with E-state index in [2.05, 4.69) is 19.1 Å². The van der Waals surface area contributed by atoms with Crippen LogP contribution in [-0.2, 0) is 6.42 Å². The predicted molar refractivity (Wildman–Crippen MR) is 102 cm³/mol. The van der Waals surface area contributed by atoms with Gasteiger partial charge in [0.2, 0.25) is 0 Å². The van der Waals surface area contributed by atoms with Gasteiger partial charge in [-0.1, -0.05) is 67.9 Å². The zero-order chi connectivity index (χ0) is 17.5. The van der Waals surface area contributed by atoms with E-state index < -0.39 is 0 Å². The van der Waals surface area contributed by atoms with Gasteiger partial charge in [-0.2, -0.15) is 0 Å². The highest BCUT2D eigenvalue weighted by Crippen LogP contribution is 2.22. The molecule has 0 N–H and O–H groups in total. The number of ether oxygens (including phenoxy) is 1. The first-order valence-corrected chi connectivity index (χ1v) is 8.73. The van der Waals surface area contributed by atoms with Crippen molar-refractivity contribution >= 4 is 5.97 Å². The molecule has 0 spiro atoms. The molecule has 0 aliphatic carbocycles. The molecule has 3 rings (SSSR count). The summed E-state index contributed by atoms with van der Waals surface area (Å²) in [4.78, 5) is 12.3. The van der Waals surface area contributed by atoms with Crippen molar-refractivity contribution in [2.45, 2.75) is 26.2 Å². The molecule has 0 heterocycles. The monoisotopic (exact) mass is 330 g/mol. The Morgan fingerprint density at radius 1 is 0.800 bits per heavy atom. The predicted octanol–water partition coefficient (Wildman–Crippen LogP) is 5.92. The van der Waals surface area contributed by atoms with Gasteiger partial charge in [-0.3, -0.25) is 0 Å². The van der Waals surface area contributed by atoms with Crippen molar-refractivity contribution < 1.29 is 9.53 Å². The molecule has 0 saturated heterocycles. The first-order valence-electron chi connectivity index (χ1n) is 8.73. The van der Waals surface area contributed by atoms with Gasteiger partial charge in [-0.15, -0.1) is 0 Å².